The Morgan fingerprint density at radius 3 is 2.69 bits per heavy atom. The standard InChI is InChI=1S/C17H20N8O/c1-17(2)15-22-11-13(21-10-3-4-10)23-12(9-7-19-16(18)20-8-9)24-14(11)25(15)5-6-26-17/h7-8,10H,3-6H2,1-2H3,(H2,18,19,20)(H,21,23,24). The molecule has 1 aliphatic heterocycles. The number of anilines is 2. The number of nitrogens with two attached hydrogens (primary N) is 1. The zero-order valence-electron chi connectivity index (χ0n) is 14.7. The molecule has 0 unspecified atom stereocenters. The Bertz CT molecular complexity index is 990. The van der Waals surface area contributed by atoms with Crippen LogP contribution in [0.2, 0.25) is 0 Å². The van der Waals surface area contributed by atoms with Crippen LogP contribution in [-0.2, 0) is 16.9 Å². The molecule has 0 radical (unpaired) electrons. The highest BCUT2D eigenvalue weighted by Crippen LogP contribution is 2.35. The lowest BCUT2D eigenvalue weighted by Crippen LogP contribution is -2.33. The van der Waals surface area contributed by atoms with Crippen molar-refractivity contribution in [1.29, 1.82) is 0 Å². The second kappa shape index (κ2) is 5.34. The maximum atomic E-state index is 5.90. The van der Waals surface area contributed by atoms with Crippen LogP contribution in [0.3, 0.4) is 0 Å². The van der Waals surface area contributed by atoms with E-state index in [9.17, 15) is 0 Å². The number of hydrogen-bond donors (Lipinski definition) is 2. The van der Waals surface area contributed by atoms with E-state index in [0.29, 0.717) is 25.0 Å². The van der Waals surface area contributed by atoms with Crippen LogP contribution in [0.25, 0.3) is 22.6 Å². The number of nitrogen functional groups attached to an aromatic ring is 1. The molecule has 9 heteroatoms. The number of rotatable bonds is 3. The van der Waals surface area contributed by atoms with Crippen LogP contribution in [0.1, 0.15) is 32.5 Å². The SMILES string of the molecule is CC1(C)OCCn2c1nc1c(NC3CC3)nc(-c3cnc(N)nc3)nc12. The van der Waals surface area contributed by atoms with Crippen molar-refractivity contribution < 1.29 is 4.74 Å². The average molecular weight is 352 g/mol. The normalized spacial score (nSPS) is 18.7. The molecule has 0 aromatic carbocycles. The van der Waals surface area contributed by atoms with Gasteiger partial charge in [-0.1, -0.05) is 0 Å². The summed E-state index contributed by atoms with van der Waals surface area (Å²) in [6.07, 6.45) is 5.58. The lowest BCUT2D eigenvalue weighted by atomic mass is 10.1. The first-order chi connectivity index (χ1) is 12.5. The summed E-state index contributed by atoms with van der Waals surface area (Å²) in [6.45, 7) is 5.40. The Balaban J connectivity index is 1.73. The van der Waals surface area contributed by atoms with Gasteiger partial charge in [-0.3, -0.25) is 0 Å². The van der Waals surface area contributed by atoms with E-state index in [1.807, 2.05) is 13.8 Å². The van der Waals surface area contributed by atoms with Gasteiger partial charge in [0.25, 0.3) is 0 Å². The Morgan fingerprint density at radius 2 is 1.96 bits per heavy atom. The quantitative estimate of drug-likeness (QED) is 0.731. The topological polar surface area (TPSA) is 117 Å². The summed E-state index contributed by atoms with van der Waals surface area (Å²) in [5.41, 5.74) is 7.46. The summed E-state index contributed by atoms with van der Waals surface area (Å²) in [6, 6.07) is 0.451. The number of aromatic nitrogens is 6. The minimum Gasteiger partial charge on any atom is -0.368 e. The number of imidazole rings is 1. The van der Waals surface area contributed by atoms with E-state index in [2.05, 4.69) is 19.9 Å². The second-order valence-corrected chi connectivity index (χ2v) is 7.26. The molecule has 1 aliphatic carbocycles. The minimum absolute atomic E-state index is 0.229. The van der Waals surface area contributed by atoms with Crippen molar-refractivity contribution in [1.82, 2.24) is 29.5 Å². The van der Waals surface area contributed by atoms with E-state index in [1.165, 1.54) is 0 Å². The lowest BCUT2D eigenvalue weighted by molar-refractivity contribution is -0.0530. The fraction of sp³-hybridized carbons (Fsp3) is 0.471. The first kappa shape index (κ1) is 15.4. The molecule has 1 saturated carbocycles. The van der Waals surface area contributed by atoms with Crippen LogP contribution >= 0.6 is 0 Å². The minimum atomic E-state index is -0.458. The van der Waals surface area contributed by atoms with Crippen molar-refractivity contribution in [3.8, 4) is 11.4 Å². The Labute approximate surface area is 150 Å². The number of hydrogen-bond acceptors (Lipinski definition) is 8. The van der Waals surface area contributed by atoms with Gasteiger partial charge in [-0.2, -0.15) is 0 Å². The van der Waals surface area contributed by atoms with Gasteiger partial charge in [-0.15, -0.1) is 0 Å². The molecule has 0 saturated heterocycles. The van der Waals surface area contributed by atoms with E-state index in [-0.39, 0.29) is 5.95 Å². The fourth-order valence-corrected chi connectivity index (χ4v) is 3.23. The maximum absolute atomic E-state index is 5.90. The van der Waals surface area contributed by atoms with Crippen molar-refractivity contribution in [2.75, 3.05) is 17.7 Å². The predicted molar refractivity (Wildman–Crippen MR) is 96.4 cm³/mol. The molecule has 0 bridgehead atoms. The van der Waals surface area contributed by atoms with Crippen molar-refractivity contribution >= 4 is 22.9 Å². The zero-order chi connectivity index (χ0) is 17.9. The molecular formula is C17H20N8O. The van der Waals surface area contributed by atoms with Gasteiger partial charge in [-0.05, 0) is 26.7 Å². The molecule has 0 atom stereocenters. The second-order valence-electron chi connectivity index (χ2n) is 7.26. The fourth-order valence-electron chi connectivity index (χ4n) is 3.23. The molecule has 0 spiro atoms. The van der Waals surface area contributed by atoms with Crippen LogP contribution in [0.5, 0.6) is 0 Å². The highest BCUT2D eigenvalue weighted by molar-refractivity contribution is 5.86. The van der Waals surface area contributed by atoms with Gasteiger partial charge < -0.3 is 20.4 Å². The van der Waals surface area contributed by atoms with E-state index in [1.54, 1.807) is 12.4 Å². The molecule has 9 nitrogen and oxygen atoms in total. The van der Waals surface area contributed by atoms with Crippen LogP contribution < -0.4 is 11.1 Å². The molecule has 4 heterocycles. The molecule has 2 aliphatic rings. The molecule has 134 valence electrons. The number of fused-ring (bicyclic) bond motifs is 3. The molecular weight excluding hydrogens is 332 g/mol. The third-order valence-corrected chi connectivity index (χ3v) is 4.76. The first-order valence-corrected chi connectivity index (χ1v) is 8.78. The third kappa shape index (κ3) is 2.47. The number of ether oxygens (including phenoxy) is 1. The highest BCUT2D eigenvalue weighted by Gasteiger charge is 2.34. The summed E-state index contributed by atoms with van der Waals surface area (Å²) in [4.78, 5) is 22.4. The molecule has 5 rings (SSSR count). The van der Waals surface area contributed by atoms with Crippen LogP contribution in [0, 0.1) is 0 Å². The van der Waals surface area contributed by atoms with E-state index in [4.69, 9.17) is 25.4 Å². The molecule has 1 fully saturated rings. The predicted octanol–water partition coefficient (Wildman–Crippen LogP) is 1.71. The summed E-state index contributed by atoms with van der Waals surface area (Å²) in [5, 5.41) is 3.48. The smallest absolute Gasteiger partial charge is 0.219 e. The van der Waals surface area contributed by atoms with Crippen molar-refractivity contribution in [3.05, 3.63) is 18.2 Å². The van der Waals surface area contributed by atoms with Crippen LogP contribution in [0.15, 0.2) is 12.4 Å². The first-order valence-electron chi connectivity index (χ1n) is 8.78. The molecule has 3 aromatic heterocycles. The summed E-state index contributed by atoms with van der Waals surface area (Å²) in [5.74, 6) is 2.42. The molecule has 26 heavy (non-hydrogen) atoms. The van der Waals surface area contributed by atoms with Crippen LogP contribution in [-0.4, -0.2) is 42.1 Å². The van der Waals surface area contributed by atoms with Crippen molar-refractivity contribution in [2.45, 2.75) is 44.9 Å². The van der Waals surface area contributed by atoms with Gasteiger partial charge in [0.2, 0.25) is 5.95 Å². The van der Waals surface area contributed by atoms with Crippen molar-refractivity contribution in [2.24, 2.45) is 0 Å². The van der Waals surface area contributed by atoms with Crippen molar-refractivity contribution in [3.63, 3.8) is 0 Å². The molecule has 3 N–H and O–H groups in total. The maximum Gasteiger partial charge on any atom is 0.219 e. The van der Waals surface area contributed by atoms with Gasteiger partial charge >= 0.3 is 0 Å². The third-order valence-electron chi connectivity index (χ3n) is 4.76. The Morgan fingerprint density at radius 1 is 1.19 bits per heavy atom. The summed E-state index contributed by atoms with van der Waals surface area (Å²) < 4.78 is 8.02. The summed E-state index contributed by atoms with van der Waals surface area (Å²) >= 11 is 0. The molecule has 3 aromatic rings. The summed E-state index contributed by atoms with van der Waals surface area (Å²) in [7, 11) is 0. The largest absolute Gasteiger partial charge is 0.368 e. The monoisotopic (exact) mass is 352 g/mol. The Hall–Kier alpha value is -2.81. The van der Waals surface area contributed by atoms with Crippen LogP contribution in [0.4, 0.5) is 11.8 Å². The van der Waals surface area contributed by atoms with E-state index in [0.717, 1.165) is 41.2 Å². The van der Waals surface area contributed by atoms with E-state index >= 15 is 0 Å². The number of nitrogens with zero attached hydrogens (tertiary/aromatic N) is 6. The molecule has 0 amide bonds. The zero-order valence-corrected chi connectivity index (χ0v) is 14.7. The van der Waals surface area contributed by atoms with Gasteiger partial charge in [0, 0.05) is 25.0 Å². The van der Waals surface area contributed by atoms with Gasteiger partial charge in [-0.25, -0.2) is 24.9 Å². The van der Waals surface area contributed by atoms with Gasteiger partial charge in [0.15, 0.2) is 22.8 Å². The highest BCUT2D eigenvalue weighted by atomic mass is 16.5. The van der Waals surface area contributed by atoms with Gasteiger partial charge in [0.1, 0.15) is 11.4 Å². The van der Waals surface area contributed by atoms with Gasteiger partial charge in [0.05, 0.1) is 12.2 Å². The number of nitrogens with one attached hydrogen (secondary N) is 1. The lowest BCUT2D eigenvalue weighted by Gasteiger charge is -2.30. The Kier molecular flexibility index (Phi) is 3.17. The van der Waals surface area contributed by atoms with E-state index < -0.39 is 5.60 Å². The average Bonchev–Trinajstić information content (AvgIpc) is 3.34.